The zero-order valence-electron chi connectivity index (χ0n) is 15.4. The molecule has 4 aromatic rings. The summed E-state index contributed by atoms with van der Waals surface area (Å²) in [5, 5.41) is 2.19. The molecule has 0 radical (unpaired) electrons. The highest BCUT2D eigenvalue weighted by Crippen LogP contribution is 2.47. The second kappa shape index (κ2) is 5.24. The molecule has 1 aliphatic heterocycles. The molecular formula is C22H21N3O. The maximum Gasteiger partial charge on any atom is 0.227 e. The molecule has 0 N–H and O–H groups in total. The highest BCUT2D eigenvalue weighted by molar-refractivity contribution is 6.10. The number of fused-ring (bicyclic) bond motifs is 4. The normalized spacial score (nSPS) is 16.7. The van der Waals surface area contributed by atoms with Crippen LogP contribution in [0.4, 0.5) is 17.1 Å². The topological polar surface area (TPSA) is 32.5 Å². The molecule has 4 nitrogen and oxygen atoms in total. The number of nitrogens with zero attached hydrogens (tertiary/aromatic N) is 3. The summed E-state index contributed by atoms with van der Waals surface area (Å²) < 4.78 is 6.28. The first kappa shape index (κ1) is 15.3. The number of furan rings is 1. The molecule has 0 saturated carbocycles. The van der Waals surface area contributed by atoms with Crippen LogP contribution in [-0.4, -0.2) is 18.2 Å². The summed E-state index contributed by atoms with van der Waals surface area (Å²) in [7, 11) is 2.14. The van der Waals surface area contributed by atoms with Crippen LogP contribution in [0.3, 0.4) is 0 Å². The Morgan fingerprint density at radius 3 is 2.46 bits per heavy atom. The van der Waals surface area contributed by atoms with Gasteiger partial charge in [0.25, 0.3) is 0 Å². The van der Waals surface area contributed by atoms with Gasteiger partial charge in [0.05, 0.1) is 17.1 Å². The van der Waals surface area contributed by atoms with Crippen LogP contribution in [0, 0.1) is 13.8 Å². The van der Waals surface area contributed by atoms with Crippen LogP contribution in [0.1, 0.15) is 18.2 Å². The molecule has 26 heavy (non-hydrogen) atoms. The second-order valence-corrected chi connectivity index (χ2v) is 7.12. The Hall–Kier alpha value is -3.01. The lowest BCUT2D eigenvalue weighted by Crippen LogP contribution is -2.36. The zero-order valence-corrected chi connectivity index (χ0v) is 15.4. The predicted molar refractivity (Wildman–Crippen MR) is 107 cm³/mol. The number of rotatable bonds is 1. The number of anilines is 3. The van der Waals surface area contributed by atoms with Gasteiger partial charge in [0, 0.05) is 23.5 Å². The van der Waals surface area contributed by atoms with Gasteiger partial charge in [0.15, 0.2) is 5.58 Å². The predicted octanol–water partition coefficient (Wildman–Crippen LogP) is 5.53. The lowest BCUT2D eigenvalue weighted by molar-refractivity contribution is 0.647. The van der Waals surface area contributed by atoms with Gasteiger partial charge in [-0.3, -0.25) is 0 Å². The van der Waals surface area contributed by atoms with E-state index in [0.29, 0.717) is 5.71 Å². The summed E-state index contributed by atoms with van der Waals surface area (Å²) in [4.78, 5) is 9.27. The molecule has 1 aliphatic rings. The molecule has 0 saturated heterocycles. The minimum Gasteiger partial charge on any atom is -0.435 e. The Morgan fingerprint density at radius 1 is 0.923 bits per heavy atom. The van der Waals surface area contributed by atoms with Crippen LogP contribution in [0.25, 0.3) is 22.1 Å². The second-order valence-electron chi connectivity index (χ2n) is 7.12. The Balaban J connectivity index is 1.84. The van der Waals surface area contributed by atoms with Gasteiger partial charge >= 0.3 is 0 Å². The molecule has 0 aliphatic carbocycles. The van der Waals surface area contributed by atoms with Crippen LogP contribution < -0.4 is 9.80 Å². The first-order valence-electron chi connectivity index (χ1n) is 8.97. The van der Waals surface area contributed by atoms with E-state index in [9.17, 15) is 0 Å². The van der Waals surface area contributed by atoms with Crippen LogP contribution in [0.5, 0.6) is 0 Å². The van der Waals surface area contributed by atoms with E-state index >= 15 is 0 Å². The van der Waals surface area contributed by atoms with Crippen molar-refractivity contribution in [1.82, 2.24) is 4.98 Å². The van der Waals surface area contributed by atoms with E-state index in [4.69, 9.17) is 4.42 Å². The monoisotopic (exact) mass is 343 g/mol. The highest BCUT2D eigenvalue weighted by Gasteiger charge is 2.34. The van der Waals surface area contributed by atoms with Crippen molar-refractivity contribution in [2.75, 3.05) is 16.8 Å². The Morgan fingerprint density at radius 2 is 1.65 bits per heavy atom. The largest absolute Gasteiger partial charge is 0.435 e. The number of aromatic nitrogens is 1. The number of aryl methyl sites for hydroxylation is 2. The fourth-order valence-electron chi connectivity index (χ4n) is 4.05. The van der Waals surface area contributed by atoms with Crippen LogP contribution >= 0.6 is 0 Å². The van der Waals surface area contributed by atoms with E-state index in [0.717, 1.165) is 27.7 Å². The number of para-hydroxylation sites is 2. The average Bonchev–Trinajstić information content (AvgIpc) is 3.11. The summed E-state index contributed by atoms with van der Waals surface area (Å²) in [6.07, 6.45) is 0.208. The molecule has 4 heteroatoms. The molecule has 0 bridgehead atoms. The molecule has 130 valence electrons. The van der Waals surface area contributed by atoms with E-state index in [1.165, 1.54) is 16.9 Å². The maximum absolute atomic E-state index is 6.28. The summed E-state index contributed by atoms with van der Waals surface area (Å²) in [6, 6.07) is 17.0. The summed E-state index contributed by atoms with van der Waals surface area (Å²) in [5.41, 5.74) is 7.36. The van der Waals surface area contributed by atoms with Gasteiger partial charge in [0.1, 0.15) is 6.17 Å². The highest BCUT2D eigenvalue weighted by atomic mass is 16.3. The van der Waals surface area contributed by atoms with E-state index in [1.54, 1.807) is 0 Å². The van der Waals surface area contributed by atoms with Crippen LogP contribution in [0.15, 0.2) is 52.9 Å². The van der Waals surface area contributed by atoms with Gasteiger partial charge < -0.3 is 14.2 Å². The van der Waals surface area contributed by atoms with Crippen molar-refractivity contribution in [2.45, 2.75) is 26.9 Å². The van der Waals surface area contributed by atoms with Crippen molar-refractivity contribution >= 4 is 39.1 Å². The van der Waals surface area contributed by atoms with Gasteiger partial charge in [0.2, 0.25) is 5.71 Å². The van der Waals surface area contributed by atoms with Gasteiger partial charge in [-0.2, -0.15) is 0 Å². The van der Waals surface area contributed by atoms with E-state index in [-0.39, 0.29) is 6.17 Å². The summed E-state index contributed by atoms with van der Waals surface area (Å²) >= 11 is 0. The third kappa shape index (κ3) is 1.93. The van der Waals surface area contributed by atoms with Gasteiger partial charge in [-0.1, -0.05) is 24.3 Å². The molecule has 1 atom stereocenters. The molecule has 1 unspecified atom stereocenters. The SMILES string of the molecule is Cc1ccc2c(n1)oc1c(N3c4ccccc4N(C)C3C)c(C)ccc12. The number of hydrogen-bond donors (Lipinski definition) is 0. The van der Waals surface area contributed by atoms with Crippen molar-refractivity contribution in [3.05, 3.63) is 59.8 Å². The third-order valence-corrected chi connectivity index (χ3v) is 5.52. The van der Waals surface area contributed by atoms with Crippen molar-refractivity contribution in [1.29, 1.82) is 0 Å². The first-order chi connectivity index (χ1) is 12.6. The third-order valence-electron chi connectivity index (χ3n) is 5.52. The minimum atomic E-state index is 0.208. The number of pyridine rings is 1. The molecular weight excluding hydrogens is 322 g/mol. The Bertz CT molecular complexity index is 1160. The summed E-state index contributed by atoms with van der Waals surface area (Å²) in [5.74, 6) is 0. The van der Waals surface area contributed by atoms with Gasteiger partial charge in [-0.25, -0.2) is 4.98 Å². The lowest BCUT2D eigenvalue weighted by atomic mass is 10.1. The first-order valence-corrected chi connectivity index (χ1v) is 8.97. The molecule has 3 heterocycles. The minimum absolute atomic E-state index is 0.208. The smallest absolute Gasteiger partial charge is 0.227 e. The molecule has 0 amide bonds. The molecule has 2 aromatic carbocycles. The molecule has 5 rings (SSSR count). The Labute approximate surface area is 152 Å². The quantitative estimate of drug-likeness (QED) is 0.455. The lowest BCUT2D eigenvalue weighted by Gasteiger charge is -2.29. The molecule has 2 aromatic heterocycles. The van der Waals surface area contributed by atoms with Crippen LogP contribution in [0.2, 0.25) is 0 Å². The average molecular weight is 343 g/mol. The maximum atomic E-state index is 6.28. The van der Waals surface area contributed by atoms with Gasteiger partial charge in [-0.15, -0.1) is 0 Å². The van der Waals surface area contributed by atoms with Crippen molar-refractivity contribution in [3.63, 3.8) is 0 Å². The van der Waals surface area contributed by atoms with Crippen molar-refractivity contribution < 1.29 is 4.42 Å². The Kier molecular flexibility index (Phi) is 3.08. The number of benzene rings is 2. The van der Waals surface area contributed by atoms with E-state index in [1.807, 2.05) is 13.0 Å². The van der Waals surface area contributed by atoms with E-state index in [2.05, 4.69) is 78.1 Å². The fourth-order valence-corrected chi connectivity index (χ4v) is 4.05. The standard InChI is InChI=1S/C22H21N3O/c1-13-9-11-16-17-12-10-14(2)23-22(17)26-21(16)20(13)25-15(3)24(4)18-7-5-6-8-19(18)25/h5-12,15H,1-4H3. The summed E-state index contributed by atoms with van der Waals surface area (Å²) in [6.45, 7) is 6.37. The molecule has 0 spiro atoms. The van der Waals surface area contributed by atoms with Gasteiger partial charge in [-0.05, 0) is 50.6 Å². The van der Waals surface area contributed by atoms with Crippen molar-refractivity contribution in [3.8, 4) is 0 Å². The zero-order chi connectivity index (χ0) is 18.0. The molecule has 0 fully saturated rings. The van der Waals surface area contributed by atoms with E-state index < -0.39 is 0 Å². The number of hydrogen-bond acceptors (Lipinski definition) is 4. The van der Waals surface area contributed by atoms with Crippen molar-refractivity contribution in [2.24, 2.45) is 0 Å². The fraction of sp³-hybridized carbons (Fsp3) is 0.227. The van der Waals surface area contributed by atoms with Crippen LogP contribution in [-0.2, 0) is 0 Å².